The fraction of sp³-hybridized carbons (Fsp3) is 0. The Morgan fingerprint density at radius 3 is 2.52 bits per heavy atom. The van der Waals surface area contributed by atoms with E-state index in [0.717, 1.165) is 26.3 Å². The monoisotopic (exact) mass is 392 g/mol. The number of hydrogen-bond donors (Lipinski definition) is 2. The minimum atomic E-state index is -0.313. The number of aromatic nitrogens is 2. The lowest BCUT2D eigenvalue weighted by Gasteiger charge is -2.12. The second-order valence-electron chi connectivity index (χ2n) is 5.49. The molecule has 2 aromatic carbocycles. The highest BCUT2D eigenvalue weighted by Gasteiger charge is 2.11. The minimum absolute atomic E-state index is 0.313. The van der Waals surface area contributed by atoms with Crippen molar-refractivity contribution in [2.75, 3.05) is 10.6 Å². The molecule has 0 aliphatic heterocycles. The number of nitrogens with zero attached hydrogens (tertiary/aromatic N) is 2. The zero-order chi connectivity index (χ0) is 17.2. The van der Waals surface area contributed by atoms with Crippen LogP contribution in [0.4, 0.5) is 16.2 Å². The Kier molecular flexibility index (Phi) is 4.03. The smallest absolute Gasteiger partial charge is 0.308 e. The van der Waals surface area contributed by atoms with Crippen LogP contribution in [0.25, 0.3) is 21.8 Å². The Balaban J connectivity index is 1.71. The third kappa shape index (κ3) is 3.16. The quantitative estimate of drug-likeness (QED) is 0.461. The number of nitrogens with one attached hydrogen (secondary N) is 2. The molecule has 0 radical (unpaired) electrons. The Bertz CT molecular complexity index is 1100. The van der Waals surface area contributed by atoms with Crippen molar-refractivity contribution in [2.24, 2.45) is 0 Å². The number of benzene rings is 2. The summed E-state index contributed by atoms with van der Waals surface area (Å²) >= 11 is 3.39. The van der Waals surface area contributed by atoms with Crippen LogP contribution in [0.5, 0.6) is 0 Å². The number of carbonyl (C=O) groups excluding carboxylic acids is 1. The van der Waals surface area contributed by atoms with Gasteiger partial charge in [0.25, 0.3) is 0 Å². The van der Waals surface area contributed by atoms with E-state index in [-0.39, 0.29) is 6.03 Å². The number of carbonyl (C=O) groups is 1. The molecule has 0 aliphatic carbocycles. The molecule has 0 bridgehead atoms. The molecule has 4 aromatic rings. The van der Waals surface area contributed by atoms with Crippen molar-refractivity contribution in [1.82, 2.24) is 9.97 Å². The highest BCUT2D eigenvalue weighted by atomic mass is 79.9. The Morgan fingerprint density at radius 2 is 1.68 bits per heavy atom. The first-order chi connectivity index (χ1) is 12.2. The van der Waals surface area contributed by atoms with E-state index in [1.807, 2.05) is 54.6 Å². The van der Waals surface area contributed by atoms with Gasteiger partial charge in [-0.1, -0.05) is 28.1 Å². The van der Waals surface area contributed by atoms with Crippen LogP contribution < -0.4 is 10.6 Å². The van der Waals surface area contributed by atoms with Gasteiger partial charge in [0.15, 0.2) is 0 Å². The van der Waals surface area contributed by atoms with Crippen LogP contribution in [0.2, 0.25) is 0 Å². The Hall–Kier alpha value is -2.99. The van der Waals surface area contributed by atoms with Gasteiger partial charge in [0.1, 0.15) is 0 Å². The summed E-state index contributed by atoms with van der Waals surface area (Å²) in [6, 6.07) is 16.6. The first-order valence-electron chi connectivity index (χ1n) is 7.67. The molecule has 2 N–H and O–H groups in total. The lowest BCUT2D eigenvalue weighted by atomic mass is 10.1. The molecule has 122 valence electrons. The van der Waals surface area contributed by atoms with E-state index in [9.17, 15) is 4.79 Å². The van der Waals surface area contributed by atoms with E-state index in [2.05, 4.69) is 36.5 Å². The van der Waals surface area contributed by atoms with Crippen LogP contribution in [0.15, 0.2) is 71.5 Å². The van der Waals surface area contributed by atoms with Gasteiger partial charge in [0.05, 0.1) is 16.7 Å². The summed E-state index contributed by atoms with van der Waals surface area (Å²) < 4.78 is 0.900. The summed E-state index contributed by atoms with van der Waals surface area (Å²) in [6.45, 7) is 0. The summed E-state index contributed by atoms with van der Waals surface area (Å²) in [5.41, 5.74) is 2.97. The fourth-order valence-corrected chi connectivity index (χ4v) is 3.13. The zero-order valence-corrected chi connectivity index (χ0v) is 14.6. The third-order valence-corrected chi connectivity index (χ3v) is 4.28. The third-order valence-electron chi connectivity index (χ3n) is 3.79. The van der Waals surface area contributed by atoms with Gasteiger partial charge in [-0.05, 0) is 42.5 Å². The maximum absolute atomic E-state index is 12.4. The first kappa shape index (κ1) is 15.5. The van der Waals surface area contributed by atoms with E-state index in [1.54, 1.807) is 12.4 Å². The molecular formula is C19H13BrN4O. The molecule has 2 heterocycles. The summed E-state index contributed by atoms with van der Waals surface area (Å²) in [7, 11) is 0. The van der Waals surface area contributed by atoms with E-state index in [4.69, 9.17) is 0 Å². The maximum atomic E-state index is 12.4. The lowest BCUT2D eigenvalue weighted by molar-refractivity contribution is 0.262. The first-order valence-corrected chi connectivity index (χ1v) is 8.46. The van der Waals surface area contributed by atoms with Gasteiger partial charge < -0.3 is 10.6 Å². The number of amides is 2. The normalized spacial score (nSPS) is 10.8. The van der Waals surface area contributed by atoms with Crippen LogP contribution in [0.1, 0.15) is 0 Å². The number of halogens is 1. The fourth-order valence-electron chi connectivity index (χ4n) is 2.73. The molecule has 0 saturated carbocycles. The zero-order valence-electron chi connectivity index (χ0n) is 13.0. The van der Waals surface area contributed by atoms with Crippen molar-refractivity contribution >= 4 is 55.1 Å². The molecule has 6 heteroatoms. The van der Waals surface area contributed by atoms with Gasteiger partial charge in [-0.2, -0.15) is 0 Å². The van der Waals surface area contributed by atoms with Crippen molar-refractivity contribution in [3.63, 3.8) is 0 Å². The second kappa shape index (κ2) is 6.49. The number of fused-ring (bicyclic) bond motifs is 3. The minimum Gasteiger partial charge on any atom is -0.308 e. The summed E-state index contributed by atoms with van der Waals surface area (Å²) in [4.78, 5) is 21.2. The van der Waals surface area contributed by atoms with Crippen molar-refractivity contribution in [3.05, 3.63) is 71.5 Å². The van der Waals surface area contributed by atoms with E-state index < -0.39 is 0 Å². The summed E-state index contributed by atoms with van der Waals surface area (Å²) in [5, 5.41) is 7.51. The van der Waals surface area contributed by atoms with Crippen LogP contribution in [-0.2, 0) is 0 Å². The Labute approximate surface area is 152 Å². The molecule has 5 nitrogen and oxygen atoms in total. The molecule has 0 fully saturated rings. The van der Waals surface area contributed by atoms with Crippen molar-refractivity contribution < 1.29 is 4.79 Å². The maximum Gasteiger partial charge on any atom is 0.323 e. The predicted molar refractivity (Wildman–Crippen MR) is 104 cm³/mol. The van der Waals surface area contributed by atoms with Crippen LogP contribution in [0, 0.1) is 0 Å². The molecule has 2 aromatic heterocycles. The molecule has 0 saturated heterocycles. The molecule has 0 aliphatic rings. The van der Waals surface area contributed by atoms with Gasteiger partial charge in [0.2, 0.25) is 0 Å². The summed E-state index contributed by atoms with van der Waals surface area (Å²) in [5.74, 6) is 0. The van der Waals surface area contributed by atoms with E-state index in [0.29, 0.717) is 11.4 Å². The highest BCUT2D eigenvalue weighted by Crippen LogP contribution is 2.29. The van der Waals surface area contributed by atoms with Crippen LogP contribution in [0.3, 0.4) is 0 Å². The highest BCUT2D eigenvalue weighted by molar-refractivity contribution is 9.10. The van der Waals surface area contributed by atoms with Gasteiger partial charge in [-0.3, -0.25) is 9.97 Å². The molecule has 0 spiro atoms. The lowest BCUT2D eigenvalue weighted by Crippen LogP contribution is -2.19. The molecule has 2 amide bonds. The van der Waals surface area contributed by atoms with Crippen molar-refractivity contribution in [1.29, 1.82) is 0 Å². The van der Waals surface area contributed by atoms with Gasteiger partial charge in [0, 0.05) is 33.3 Å². The summed E-state index contributed by atoms with van der Waals surface area (Å²) in [6.07, 6.45) is 3.46. The van der Waals surface area contributed by atoms with Gasteiger partial charge in [-0.15, -0.1) is 0 Å². The molecule has 4 rings (SSSR count). The number of urea groups is 1. The van der Waals surface area contributed by atoms with Crippen LogP contribution >= 0.6 is 15.9 Å². The molecular weight excluding hydrogens is 380 g/mol. The number of anilines is 2. The number of rotatable bonds is 2. The predicted octanol–water partition coefficient (Wildman–Crippen LogP) is 5.19. The largest absolute Gasteiger partial charge is 0.323 e. The number of hydrogen-bond acceptors (Lipinski definition) is 3. The van der Waals surface area contributed by atoms with Gasteiger partial charge >= 0.3 is 6.03 Å². The average molecular weight is 393 g/mol. The van der Waals surface area contributed by atoms with E-state index in [1.165, 1.54) is 0 Å². The standard InChI is InChI=1S/C19H13BrN4O/c20-13-5-1-6-14(11-13)23-19(25)24-16-10-12-4-2-8-21-17(12)18-15(16)7-3-9-22-18/h1-11H,(H2,23,24,25). The number of pyridine rings is 2. The molecule has 0 atom stereocenters. The van der Waals surface area contributed by atoms with Crippen molar-refractivity contribution in [3.8, 4) is 0 Å². The van der Waals surface area contributed by atoms with E-state index >= 15 is 0 Å². The second-order valence-corrected chi connectivity index (χ2v) is 6.40. The average Bonchev–Trinajstić information content (AvgIpc) is 2.62. The Morgan fingerprint density at radius 1 is 0.880 bits per heavy atom. The SMILES string of the molecule is O=C(Nc1cccc(Br)c1)Nc1cc2cccnc2c2ncccc12. The van der Waals surface area contributed by atoms with Crippen LogP contribution in [-0.4, -0.2) is 16.0 Å². The topological polar surface area (TPSA) is 66.9 Å². The molecule has 0 unspecified atom stereocenters. The van der Waals surface area contributed by atoms with Gasteiger partial charge in [-0.25, -0.2) is 4.79 Å². The molecule has 25 heavy (non-hydrogen) atoms. The van der Waals surface area contributed by atoms with Crippen molar-refractivity contribution in [2.45, 2.75) is 0 Å².